The molecular weight excluding hydrogens is 180 g/mol. The molecule has 0 saturated heterocycles. The summed E-state index contributed by atoms with van der Waals surface area (Å²) in [5.74, 6) is 1.73. The van der Waals surface area contributed by atoms with Gasteiger partial charge in [0.25, 0.3) is 0 Å². The largest absolute Gasteiger partial charge is 0.464 e. The molecule has 0 radical (unpaired) electrons. The highest BCUT2D eigenvalue weighted by atomic mass is 16.5. The normalized spacial score (nSPS) is 12.0. The van der Waals surface area contributed by atoms with Crippen molar-refractivity contribution in [2.24, 2.45) is 5.41 Å². The van der Waals surface area contributed by atoms with Crippen LogP contribution in [0.2, 0.25) is 0 Å². The first-order chi connectivity index (χ1) is 6.57. The lowest BCUT2D eigenvalue weighted by atomic mass is 9.89. The van der Waals surface area contributed by atoms with E-state index in [2.05, 4.69) is 0 Å². The van der Waals surface area contributed by atoms with Crippen LogP contribution >= 0.6 is 0 Å². The third-order valence-corrected chi connectivity index (χ3v) is 2.08. The summed E-state index contributed by atoms with van der Waals surface area (Å²) in [6.07, 6.45) is 0.743. The quantitative estimate of drug-likeness (QED) is 0.786. The van der Waals surface area contributed by atoms with Crippen LogP contribution in [-0.4, -0.2) is 18.8 Å². The zero-order valence-electron chi connectivity index (χ0n) is 9.04. The summed E-state index contributed by atoms with van der Waals surface area (Å²) >= 11 is 0. The van der Waals surface area contributed by atoms with Gasteiger partial charge in [-0.3, -0.25) is 0 Å². The predicted molar refractivity (Wildman–Crippen MR) is 54.0 cm³/mol. The zero-order valence-corrected chi connectivity index (χ0v) is 9.04. The summed E-state index contributed by atoms with van der Waals surface area (Å²) in [5, 5.41) is 9.10. The fourth-order valence-electron chi connectivity index (χ4n) is 1.26. The number of methoxy groups -OCH3 is 1. The first-order valence-electron chi connectivity index (χ1n) is 4.75. The molecule has 0 atom stereocenters. The number of rotatable bonds is 5. The Labute approximate surface area is 84.7 Å². The number of furan rings is 1. The number of ether oxygens (including phenoxy) is 1. The van der Waals surface area contributed by atoms with E-state index in [9.17, 15) is 0 Å². The van der Waals surface area contributed by atoms with Crippen molar-refractivity contribution >= 4 is 0 Å². The summed E-state index contributed by atoms with van der Waals surface area (Å²) in [4.78, 5) is 0. The monoisotopic (exact) mass is 198 g/mol. The van der Waals surface area contributed by atoms with Crippen molar-refractivity contribution in [2.75, 3.05) is 13.7 Å². The lowest BCUT2D eigenvalue weighted by molar-refractivity contribution is 0.144. The molecule has 1 N–H and O–H groups in total. The van der Waals surface area contributed by atoms with E-state index in [1.165, 1.54) is 0 Å². The van der Waals surface area contributed by atoms with Gasteiger partial charge in [0, 0.05) is 20.1 Å². The van der Waals surface area contributed by atoms with Crippen molar-refractivity contribution in [2.45, 2.75) is 26.9 Å². The molecule has 0 amide bonds. The number of hydrogen-bond donors (Lipinski definition) is 1. The van der Waals surface area contributed by atoms with E-state index in [1.54, 1.807) is 7.11 Å². The van der Waals surface area contributed by atoms with Crippen molar-refractivity contribution in [3.63, 3.8) is 0 Å². The van der Waals surface area contributed by atoms with Crippen LogP contribution in [0.1, 0.15) is 25.4 Å². The van der Waals surface area contributed by atoms with E-state index >= 15 is 0 Å². The molecule has 0 bridgehead atoms. The van der Waals surface area contributed by atoms with E-state index in [4.69, 9.17) is 14.3 Å². The molecule has 0 unspecified atom stereocenters. The maximum atomic E-state index is 9.10. The lowest BCUT2D eigenvalue weighted by Crippen LogP contribution is -2.19. The Bertz CT molecular complexity index is 276. The molecule has 0 aromatic carbocycles. The first-order valence-corrected chi connectivity index (χ1v) is 4.75. The van der Waals surface area contributed by atoms with Crippen LogP contribution in [0, 0.1) is 5.41 Å². The highest BCUT2D eigenvalue weighted by Gasteiger charge is 2.19. The minimum Gasteiger partial charge on any atom is -0.464 e. The fraction of sp³-hybridized carbons (Fsp3) is 0.636. The van der Waals surface area contributed by atoms with E-state index in [0.717, 1.165) is 17.9 Å². The minimum absolute atomic E-state index is 0.123. The molecule has 1 rings (SSSR count). The maximum absolute atomic E-state index is 9.10. The topological polar surface area (TPSA) is 42.6 Å². The predicted octanol–water partition coefficient (Wildman–Crippen LogP) is 1.99. The summed E-state index contributed by atoms with van der Waals surface area (Å²) < 4.78 is 10.5. The van der Waals surface area contributed by atoms with E-state index in [1.807, 2.05) is 26.0 Å². The van der Waals surface area contributed by atoms with Crippen LogP contribution in [-0.2, 0) is 17.8 Å². The van der Waals surface area contributed by atoms with E-state index in [-0.39, 0.29) is 12.0 Å². The molecule has 80 valence electrons. The molecule has 1 aromatic rings. The van der Waals surface area contributed by atoms with Crippen LogP contribution in [0.25, 0.3) is 0 Å². The van der Waals surface area contributed by atoms with Crippen molar-refractivity contribution in [3.8, 4) is 0 Å². The molecule has 0 fully saturated rings. The SMILES string of the molecule is COCc1ccc(CC(C)(C)CO)o1. The Morgan fingerprint density at radius 2 is 2.00 bits per heavy atom. The smallest absolute Gasteiger partial charge is 0.129 e. The second-order valence-corrected chi connectivity index (χ2v) is 4.30. The van der Waals surface area contributed by atoms with Crippen LogP contribution < -0.4 is 0 Å². The molecule has 0 aliphatic rings. The maximum Gasteiger partial charge on any atom is 0.129 e. The molecule has 3 nitrogen and oxygen atoms in total. The highest BCUT2D eigenvalue weighted by molar-refractivity contribution is 5.08. The summed E-state index contributed by atoms with van der Waals surface area (Å²) in [5.41, 5.74) is -0.123. The van der Waals surface area contributed by atoms with Gasteiger partial charge >= 0.3 is 0 Å². The van der Waals surface area contributed by atoms with Crippen LogP contribution in [0.5, 0.6) is 0 Å². The third kappa shape index (κ3) is 3.16. The Morgan fingerprint density at radius 1 is 1.36 bits per heavy atom. The van der Waals surface area contributed by atoms with Gasteiger partial charge in [0.2, 0.25) is 0 Å². The molecule has 0 spiro atoms. The van der Waals surface area contributed by atoms with Gasteiger partial charge in [-0.05, 0) is 17.5 Å². The van der Waals surface area contributed by atoms with Gasteiger partial charge in [0.1, 0.15) is 18.1 Å². The molecule has 0 saturated carbocycles. The van der Waals surface area contributed by atoms with E-state index in [0.29, 0.717) is 6.61 Å². The number of hydrogen-bond acceptors (Lipinski definition) is 3. The van der Waals surface area contributed by atoms with Gasteiger partial charge in [-0.1, -0.05) is 13.8 Å². The molecule has 0 aliphatic heterocycles. The zero-order chi connectivity index (χ0) is 10.6. The van der Waals surface area contributed by atoms with Gasteiger partial charge in [0.15, 0.2) is 0 Å². The summed E-state index contributed by atoms with van der Waals surface area (Å²) in [7, 11) is 1.64. The van der Waals surface area contributed by atoms with Gasteiger partial charge in [-0.2, -0.15) is 0 Å². The Morgan fingerprint density at radius 3 is 2.57 bits per heavy atom. The Balaban J connectivity index is 2.59. The second-order valence-electron chi connectivity index (χ2n) is 4.30. The summed E-state index contributed by atoms with van der Waals surface area (Å²) in [6.45, 7) is 4.67. The number of aliphatic hydroxyl groups excluding tert-OH is 1. The Kier molecular flexibility index (Phi) is 3.72. The van der Waals surface area contributed by atoms with Crippen LogP contribution in [0.15, 0.2) is 16.5 Å². The van der Waals surface area contributed by atoms with Gasteiger partial charge in [-0.15, -0.1) is 0 Å². The molecule has 1 aromatic heterocycles. The van der Waals surface area contributed by atoms with Crippen molar-refractivity contribution in [3.05, 3.63) is 23.7 Å². The molecule has 0 aliphatic carbocycles. The van der Waals surface area contributed by atoms with Gasteiger partial charge < -0.3 is 14.3 Å². The van der Waals surface area contributed by atoms with Crippen molar-refractivity contribution < 1.29 is 14.3 Å². The average molecular weight is 198 g/mol. The van der Waals surface area contributed by atoms with Crippen LogP contribution in [0.3, 0.4) is 0 Å². The molecule has 14 heavy (non-hydrogen) atoms. The highest BCUT2D eigenvalue weighted by Crippen LogP contribution is 2.22. The van der Waals surface area contributed by atoms with Crippen LogP contribution in [0.4, 0.5) is 0 Å². The van der Waals surface area contributed by atoms with Crippen molar-refractivity contribution in [1.29, 1.82) is 0 Å². The molecule has 1 heterocycles. The van der Waals surface area contributed by atoms with Gasteiger partial charge in [0.05, 0.1) is 0 Å². The number of aliphatic hydroxyl groups is 1. The van der Waals surface area contributed by atoms with Gasteiger partial charge in [-0.25, -0.2) is 0 Å². The fourth-order valence-corrected chi connectivity index (χ4v) is 1.26. The third-order valence-electron chi connectivity index (χ3n) is 2.08. The average Bonchev–Trinajstić information content (AvgIpc) is 2.53. The lowest BCUT2D eigenvalue weighted by Gasteiger charge is -2.19. The Hall–Kier alpha value is -0.800. The van der Waals surface area contributed by atoms with Crippen molar-refractivity contribution in [1.82, 2.24) is 0 Å². The standard InChI is InChI=1S/C11H18O3/c1-11(2,8-12)6-9-4-5-10(14-9)7-13-3/h4-5,12H,6-8H2,1-3H3. The molecular formula is C11H18O3. The van der Waals surface area contributed by atoms with E-state index < -0.39 is 0 Å². The second kappa shape index (κ2) is 4.62. The first kappa shape index (κ1) is 11.3. The molecule has 3 heteroatoms. The minimum atomic E-state index is -0.123. The summed E-state index contributed by atoms with van der Waals surface area (Å²) in [6, 6.07) is 3.85.